The molecule has 0 radical (unpaired) electrons. The molecule has 796 valence electrons. The van der Waals surface area contributed by atoms with Gasteiger partial charge in [0.2, 0.25) is 0 Å². The maximum atomic E-state index is 11.5. The van der Waals surface area contributed by atoms with E-state index in [4.69, 9.17) is 42.6 Å². The fourth-order valence-corrected chi connectivity index (χ4v) is 14.8. The van der Waals surface area contributed by atoms with Gasteiger partial charge in [-0.05, 0) is 158 Å². The Balaban J connectivity index is -0.000000228. The molecule has 0 aliphatic carbocycles. The summed E-state index contributed by atoms with van der Waals surface area (Å²) in [7, 11) is 17.7. The molecule has 0 saturated carbocycles. The van der Waals surface area contributed by atoms with Gasteiger partial charge in [-0.1, -0.05) is 339 Å². The molecule has 0 aromatic heterocycles. The van der Waals surface area contributed by atoms with Crippen molar-refractivity contribution >= 4 is 65.5 Å². The predicted molar refractivity (Wildman–Crippen MR) is 573 cm³/mol. The van der Waals surface area contributed by atoms with Crippen LogP contribution in [0.15, 0.2) is 140 Å². The van der Waals surface area contributed by atoms with Gasteiger partial charge in [-0.25, -0.2) is 0 Å². The first-order valence-electron chi connectivity index (χ1n) is 49.1. The SMILES string of the molecule is C=C(C(C)C)[C@@H](CC(=O)OC)C(C)(C)C.C=C(C(C)C)[C@@H](CC(=O)OC)C(C)(C)OC.C=C(C(C)C)[C@@H](CC(=O)OC)C(C)C.C=C(C(C)C)[C@@H](CC(=O)OC)[C@@H](C)CC.C=C(C(C)C)[C@@H](CC(=O)OC)[C@@H](C)OC.C=C(C(C)C)[C@@H](CC(=O)OC)[C@H](C)CC.C=C(C(C)C)[C@@H](CC(=O)OC)[C@H](C)OC.C=C(C(C)C)[C@@H](CC(=O)OC)c1ccccc1.C=C(C(C)C)[C@H](CCSC)CC(=O)OC. The molecule has 137 heavy (non-hydrogen) atoms. The van der Waals surface area contributed by atoms with Crippen LogP contribution < -0.4 is 0 Å². The molecule has 21 nitrogen and oxygen atoms in total. The second-order valence-corrected chi connectivity index (χ2v) is 41.2. The minimum absolute atomic E-state index is 0.0148. The summed E-state index contributed by atoms with van der Waals surface area (Å²) < 4.78 is 58.3. The topological polar surface area (TPSA) is 264 Å². The molecule has 0 fully saturated rings. The Morgan fingerprint density at radius 2 is 0.540 bits per heavy atom. The Morgan fingerprint density at radius 3 is 0.788 bits per heavy atom. The van der Waals surface area contributed by atoms with Gasteiger partial charge in [-0.3, -0.25) is 43.2 Å². The van der Waals surface area contributed by atoms with Crippen molar-refractivity contribution in [3.8, 4) is 0 Å². The molecule has 13 atom stereocenters. The lowest BCUT2D eigenvalue weighted by molar-refractivity contribution is -0.144. The maximum absolute atomic E-state index is 11.5. The summed E-state index contributed by atoms with van der Waals surface area (Å²) >= 11 is 1.80. The highest BCUT2D eigenvalue weighted by Gasteiger charge is 2.36. The van der Waals surface area contributed by atoms with Crippen LogP contribution in [0.5, 0.6) is 0 Å². The average molecular weight is 1950 g/mol. The van der Waals surface area contributed by atoms with E-state index in [1.54, 1.807) is 33.1 Å². The van der Waals surface area contributed by atoms with E-state index in [0.717, 1.165) is 80.7 Å². The molecule has 0 N–H and O–H groups in total. The van der Waals surface area contributed by atoms with Crippen LogP contribution in [-0.4, -0.2) is 169 Å². The molecule has 0 spiro atoms. The number of carbonyl (C=O) groups is 9. The summed E-state index contributed by atoms with van der Waals surface area (Å²) in [5.74, 6) is 5.65. The lowest BCUT2D eigenvalue weighted by atomic mass is 9.72. The highest BCUT2D eigenvalue weighted by atomic mass is 32.2. The van der Waals surface area contributed by atoms with Gasteiger partial charge in [-0.2, -0.15) is 11.8 Å². The zero-order valence-electron chi connectivity index (χ0n) is 95.2. The maximum Gasteiger partial charge on any atom is 0.306 e. The minimum Gasteiger partial charge on any atom is -0.469 e. The zero-order valence-corrected chi connectivity index (χ0v) is 96.0. The van der Waals surface area contributed by atoms with Crippen molar-refractivity contribution in [2.75, 3.05) is 97.3 Å². The Labute approximate surface area is 842 Å². The van der Waals surface area contributed by atoms with Gasteiger partial charge in [0.05, 0.1) is 140 Å². The van der Waals surface area contributed by atoms with Gasteiger partial charge in [0, 0.05) is 45.0 Å². The van der Waals surface area contributed by atoms with Crippen LogP contribution >= 0.6 is 11.8 Å². The van der Waals surface area contributed by atoms with Crippen molar-refractivity contribution in [1.29, 1.82) is 0 Å². The third-order valence-corrected chi connectivity index (χ3v) is 26.7. The minimum atomic E-state index is -0.407. The second kappa shape index (κ2) is 79.9. The molecule has 0 aliphatic heterocycles. The van der Waals surface area contributed by atoms with Crippen LogP contribution in [-0.2, 0) is 100.0 Å². The molecular formula is C115H204O21S. The van der Waals surface area contributed by atoms with Crippen LogP contribution in [0.25, 0.3) is 0 Å². The van der Waals surface area contributed by atoms with Crippen LogP contribution in [0.2, 0.25) is 0 Å². The lowest BCUT2D eigenvalue weighted by Crippen LogP contribution is -2.37. The fourth-order valence-electron chi connectivity index (χ4n) is 14.2. The first-order chi connectivity index (χ1) is 63.2. The zero-order chi connectivity index (χ0) is 109. The highest BCUT2D eigenvalue weighted by Crippen LogP contribution is 2.40. The van der Waals surface area contributed by atoms with Gasteiger partial charge in [0.15, 0.2) is 0 Å². The van der Waals surface area contributed by atoms with Gasteiger partial charge >= 0.3 is 53.7 Å². The normalized spacial score (nSPS) is 13.8. The summed E-state index contributed by atoms with van der Waals surface area (Å²) in [6.45, 7) is 101. The van der Waals surface area contributed by atoms with E-state index in [1.807, 2.05) is 58.0 Å². The number of hydrogen-bond acceptors (Lipinski definition) is 22. The van der Waals surface area contributed by atoms with Crippen molar-refractivity contribution in [3.63, 3.8) is 0 Å². The first kappa shape index (κ1) is 145. The lowest BCUT2D eigenvalue weighted by Gasteiger charge is -2.35. The number of esters is 9. The molecule has 1 aromatic carbocycles. The average Bonchev–Trinajstić information content (AvgIpc) is 0.832. The summed E-state index contributed by atoms with van der Waals surface area (Å²) in [6.07, 6.45) is 8.79. The number of rotatable bonds is 51. The number of carbonyl (C=O) groups excluding carboxylic acids is 9. The van der Waals surface area contributed by atoms with Gasteiger partial charge in [0.1, 0.15) is 0 Å². The van der Waals surface area contributed by atoms with Gasteiger partial charge in [-0.15, -0.1) is 0 Å². The summed E-state index contributed by atoms with van der Waals surface area (Å²) in [5.41, 5.74) is 10.7. The fraction of sp³-hybridized carbons (Fsp3) is 0.713. The van der Waals surface area contributed by atoms with E-state index in [1.165, 1.54) is 64.0 Å². The number of thioether (sulfide) groups is 1. The number of methoxy groups -OCH3 is 12. The molecule has 0 heterocycles. The largest absolute Gasteiger partial charge is 0.469 e. The standard InChI is InChI=1S/C15H20O2.C13H24O3.3C13H24O2.2C12H22O3.C12H22O2S.C12H22O2/c1-11(2)12(3)14(10-15(16)17-4)13-8-6-5-7-9-13;1-9(2)10(3)11(8-12(14)15-6)13(4,5)16-7;1-9(2)10(3)11(13(4,5)6)8-12(14)15-7;2*1-7-10(4)12(8-13(14)15-6)11(5)9(2)3;2*1-8(2)9(3)11(10(4)14-5)7-12(13)15-6;1-9(2)10(3)11(6-7-15-5)8-12(13)14-4;1-8(2)10(5)11(9(3)4)7-12(13)14-6/h5-9,11,14H,3,10H2,1-2,4H3;9,11H,3,8H2,1-2,4-7H3;9,11H,3,8H2,1-2,4-7H3;2*9-10,12H,5,7-8H2,1-4,6H3;2*8,10-11H,3,7H2,1-2,4-6H3;9,11H,3,6-8H2,1-2,4-5H3;8-9,11H,5,7H2,1-4,6H3/t14-;2*11-;10-,12+;10-,12-;10-,11+;10-,11-;2*11-/m111100110/s1. The molecule has 0 aliphatic rings. The van der Waals surface area contributed by atoms with Crippen molar-refractivity contribution < 1.29 is 100.0 Å². The second-order valence-electron chi connectivity index (χ2n) is 40.2. The Hall–Kier alpha value is -7.66. The van der Waals surface area contributed by atoms with E-state index in [2.05, 4.69) is 267 Å². The molecule has 1 rings (SSSR count). The van der Waals surface area contributed by atoms with E-state index in [-0.39, 0.29) is 125 Å². The molecule has 1 aromatic rings. The third-order valence-electron chi connectivity index (χ3n) is 26.1. The van der Waals surface area contributed by atoms with Crippen molar-refractivity contribution in [1.82, 2.24) is 0 Å². The van der Waals surface area contributed by atoms with Gasteiger partial charge < -0.3 is 56.8 Å². The number of hydrogen-bond donors (Lipinski definition) is 0. The van der Waals surface area contributed by atoms with Crippen LogP contribution in [0, 0.1) is 124 Å². The number of ether oxygens (including phenoxy) is 12. The Morgan fingerprint density at radius 1 is 0.299 bits per heavy atom. The molecule has 0 bridgehead atoms. The van der Waals surface area contributed by atoms with Crippen LogP contribution in [0.3, 0.4) is 0 Å². The number of benzene rings is 1. The highest BCUT2D eigenvalue weighted by molar-refractivity contribution is 7.98. The van der Waals surface area contributed by atoms with E-state index >= 15 is 0 Å². The van der Waals surface area contributed by atoms with Crippen LogP contribution in [0.1, 0.15) is 303 Å². The van der Waals surface area contributed by atoms with Crippen molar-refractivity contribution in [2.45, 2.75) is 315 Å². The summed E-state index contributed by atoms with van der Waals surface area (Å²) in [6, 6.07) is 9.99. The monoisotopic (exact) mass is 1950 g/mol. The first-order valence-corrected chi connectivity index (χ1v) is 50.5. The molecule has 0 amide bonds. The molecular weight excluding hydrogens is 1750 g/mol. The molecule has 0 unspecified atom stereocenters. The quantitative estimate of drug-likeness (QED) is 0.0333. The smallest absolute Gasteiger partial charge is 0.306 e. The Bertz CT molecular complexity index is 3450. The summed E-state index contributed by atoms with van der Waals surface area (Å²) in [5, 5.41) is 0. The van der Waals surface area contributed by atoms with Gasteiger partial charge in [0.25, 0.3) is 0 Å². The number of allylic oxidation sites excluding steroid dienone is 6. The Kier molecular flexibility index (Phi) is 84.4. The van der Waals surface area contributed by atoms with Crippen molar-refractivity contribution in [2.24, 2.45) is 124 Å². The van der Waals surface area contributed by atoms with Crippen molar-refractivity contribution in [3.05, 3.63) is 145 Å². The molecule has 0 saturated heterocycles. The molecule has 22 heteroatoms. The third kappa shape index (κ3) is 65.1. The van der Waals surface area contributed by atoms with E-state index < -0.39 is 5.60 Å². The van der Waals surface area contributed by atoms with E-state index in [9.17, 15) is 43.2 Å². The van der Waals surface area contributed by atoms with Crippen LogP contribution in [0.4, 0.5) is 0 Å². The van der Waals surface area contributed by atoms with E-state index in [0.29, 0.717) is 129 Å². The summed E-state index contributed by atoms with van der Waals surface area (Å²) in [4.78, 5) is 102. The predicted octanol–water partition coefficient (Wildman–Crippen LogP) is 27.6.